The Kier molecular flexibility index (Phi) is 10.5. The standard InChI is InChI=1S/C27H31NOS.C2HF3O2/c1-21-3-5-22(6-4-21)19-28-17-15-23(16-18-28)20-29-26-11-7-24(8-12-26)25-9-13-27(30-2)14-10-25;3-2(4,5)1(6)7/h3-14,23H,15-20H2,1-2H3;(H,6,7). The van der Waals surface area contributed by atoms with Crippen LogP contribution in [0, 0.1) is 12.8 Å². The summed E-state index contributed by atoms with van der Waals surface area (Å²) >= 11 is 1.77. The topological polar surface area (TPSA) is 49.8 Å². The predicted molar refractivity (Wildman–Crippen MR) is 142 cm³/mol. The molecule has 0 radical (unpaired) electrons. The maximum Gasteiger partial charge on any atom is 0.490 e. The minimum atomic E-state index is -5.08. The highest BCUT2D eigenvalue weighted by Crippen LogP contribution is 2.26. The first kappa shape index (κ1) is 28.6. The van der Waals surface area contributed by atoms with Crippen LogP contribution in [-0.4, -0.2) is 48.1 Å². The van der Waals surface area contributed by atoms with Crippen LogP contribution in [0.25, 0.3) is 11.1 Å². The number of rotatable bonds is 7. The normalized spacial score (nSPS) is 14.5. The average molecular weight is 532 g/mol. The van der Waals surface area contributed by atoms with Gasteiger partial charge in [-0.25, -0.2) is 4.79 Å². The smallest absolute Gasteiger partial charge is 0.490 e. The van der Waals surface area contributed by atoms with Crippen LogP contribution in [0.4, 0.5) is 13.2 Å². The van der Waals surface area contributed by atoms with Crippen LogP contribution in [-0.2, 0) is 11.3 Å². The lowest BCUT2D eigenvalue weighted by atomic mass is 9.97. The van der Waals surface area contributed by atoms with Gasteiger partial charge in [-0.1, -0.05) is 54.1 Å². The van der Waals surface area contributed by atoms with Crippen molar-refractivity contribution in [2.45, 2.75) is 37.4 Å². The van der Waals surface area contributed by atoms with Gasteiger partial charge in [-0.15, -0.1) is 11.8 Å². The van der Waals surface area contributed by atoms with E-state index in [0.717, 1.165) is 32.0 Å². The first-order chi connectivity index (χ1) is 17.6. The molecule has 4 nitrogen and oxygen atoms in total. The van der Waals surface area contributed by atoms with E-state index >= 15 is 0 Å². The summed E-state index contributed by atoms with van der Waals surface area (Å²) in [6.45, 7) is 6.35. The number of carboxylic acids is 1. The summed E-state index contributed by atoms with van der Waals surface area (Å²) in [7, 11) is 0. The number of carboxylic acid groups (broad SMARTS) is 1. The third-order valence-corrected chi connectivity index (χ3v) is 6.98. The molecule has 0 spiro atoms. The average Bonchev–Trinajstić information content (AvgIpc) is 2.90. The van der Waals surface area contributed by atoms with E-state index in [1.54, 1.807) is 11.8 Å². The Morgan fingerprint density at radius 2 is 1.46 bits per heavy atom. The monoisotopic (exact) mass is 531 g/mol. The van der Waals surface area contributed by atoms with E-state index in [-0.39, 0.29) is 0 Å². The van der Waals surface area contributed by atoms with Gasteiger partial charge in [0.15, 0.2) is 0 Å². The molecule has 1 fully saturated rings. The van der Waals surface area contributed by atoms with Crippen LogP contribution in [0.3, 0.4) is 0 Å². The van der Waals surface area contributed by atoms with Gasteiger partial charge in [0.1, 0.15) is 5.75 Å². The molecule has 4 rings (SSSR count). The fourth-order valence-electron chi connectivity index (χ4n) is 4.00. The van der Waals surface area contributed by atoms with Crippen molar-refractivity contribution in [2.75, 3.05) is 26.0 Å². The van der Waals surface area contributed by atoms with Crippen molar-refractivity contribution >= 4 is 17.7 Å². The second-order valence-corrected chi connectivity index (χ2v) is 9.95. The lowest BCUT2D eigenvalue weighted by Crippen LogP contribution is -2.35. The largest absolute Gasteiger partial charge is 0.493 e. The number of ether oxygens (including phenoxy) is 1. The van der Waals surface area contributed by atoms with Gasteiger partial charge in [-0.2, -0.15) is 13.2 Å². The summed E-state index contributed by atoms with van der Waals surface area (Å²) in [5.74, 6) is -1.13. The van der Waals surface area contributed by atoms with Gasteiger partial charge in [0.25, 0.3) is 0 Å². The van der Waals surface area contributed by atoms with E-state index in [9.17, 15) is 13.2 Å². The van der Waals surface area contributed by atoms with E-state index in [2.05, 4.69) is 90.9 Å². The minimum Gasteiger partial charge on any atom is -0.493 e. The lowest BCUT2D eigenvalue weighted by molar-refractivity contribution is -0.192. The highest BCUT2D eigenvalue weighted by Gasteiger charge is 2.38. The van der Waals surface area contributed by atoms with Gasteiger partial charge in [-0.05, 0) is 86.0 Å². The minimum absolute atomic E-state index is 0.651. The summed E-state index contributed by atoms with van der Waals surface area (Å²) in [6.07, 6.45) is -0.549. The Balaban J connectivity index is 0.000000479. The first-order valence-corrected chi connectivity index (χ1v) is 13.3. The number of likely N-dealkylation sites (tertiary alicyclic amines) is 1. The van der Waals surface area contributed by atoms with Gasteiger partial charge < -0.3 is 9.84 Å². The zero-order valence-electron chi connectivity index (χ0n) is 21.0. The molecule has 198 valence electrons. The van der Waals surface area contributed by atoms with Gasteiger partial charge in [0, 0.05) is 11.4 Å². The molecule has 0 amide bonds. The number of hydrogen-bond acceptors (Lipinski definition) is 4. The van der Waals surface area contributed by atoms with Crippen molar-refractivity contribution in [2.24, 2.45) is 5.92 Å². The van der Waals surface area contributed by atoms with Crippen LogP contribution in [0.1, 0.15) is 24.0 Å². The highest BCUT2D eigenvalue weighted by atomic mass is 32.2. The molecule has 0 unspecified atom stereocenters. The SMILES string of the molecule is CSc1ccc(-c2ccc(OCC3CCN(Cc4ccc(C)cc4)CC3)cc2)cc1.O=C(O)C(F)(F)F. The van der Waals surface area contributed by atoms with Crippen molar-refractivity contribution < 1.29 is 27.8 Å². The van der Waals surface area contributed by atoms with Crippen LogP contribution >= 0.6 is 11.8 Å². The van der Waals surface area contributed by atoms with Gasteiger partial charge in [0.2, 0.25) is 0 Å². The zero-order chi connectivity index (χ0) is 26.8. The molecular weight excluding hydrogens is 499 g/mol. The molecule has 1 aliphatic heterocycles. The van der Waals surface area contributed by atoms with E-state index in [4.69, 9.17) is 14.6 Å². The Morgan fingerprint density at radius 3 is 1.95 bits per heavy atom. The molecule has 3 aromatic rings. The molecule has 8 heteroatoms. The fourth-order valence-corrected chi connectivity index (χ4v) is 4.41. The highest BCUT2D eigenvalue weighted by molar-refractivity contribution is 7.98. The lowest BCUT2D eigenvalue weighted by Gasteiger charge is -2.31. The van der Waals surface area contributed by atoms with E-state index in [0.29, 0.717) is 5.92 Å². The number of aliphatic carboxylic acids is 1. The Bertz CT molecular complexity index is 1110. The van der Waals surface area contributed by atoms with Crippen LogP contribution < -0.4 is 4.74 Å². The Hall–Kier alpha value is -2.97. The summed E-state index contributed by atoms with van der Waals surface area (Å²) in [4.78, 5) is 12.8. The van der Waals surface area contributed by atoms with Gasteiger partial charge >= 0.3 is 12.1 Å². The maximum absolute atomic E-state index is 10.6. The second-order valence-electron chi connectivity index (χ2n) is 9.07. The number of alkyl halides is 3. The van der Waals surface area contributed by atoms with Crippen molar-refractivity contribution in [1.29, 1.82) is 0 Å². The first-order valence-electron chi connectivity index (χ1n) is 12.1. The van der Waals surface area contributed by atoms with Crippen molar-refractivity contribution in [1.82, 2.24) is 4.90 Å². The van der Waals surface area contributed by atoms with Crippen molar-refractivity contribution in [3.05, 3.63) is 83.9 Å². The molecule has 0 atom stereocenters. The molecule has 37 heavy (non-hydrogen) atoms. The van der Waals surface area contributed by atoms with E-state index in [1.807, 2.05) is 0 Å². The molecule has 0 saturated carbocycles. The molecule has 0 bridgehead atoms. The number of nitrogens with zero attached hydrogens (tertiary/aromatic N) is 1. The Labute approximate surface area is 220 Å². The maximum atomic E-state index is 10.6. The fraction of sp³-hybridized carbons (Fsp3) is 0.345. The molecule has 1 N–H and O–H groups in total. The summed E-state index contributed by atoms with van der Waals surface area (Å²) in [6, 6.07) is 26.2. The summed E-state index contributed by atoms with van der Waals surface area (Å²) in [5.41, 5.74) is 5.23. The van der Waals surface area contributed by atoms with E-state index in [1.165, 1.54) is 40.0 Å². The van der Waals surface area contributed by atoms with Crippen LogP contribution in [0.5, 0.6) is 5.75 Å². The summed E-state index contributed by atoms with van der Waals surface area (Å²) in [5, 5.41) is 7.12. The quantitative estimate of drug-likeness (QED) is 0.324. The molecule has 3 aromatic carbocycles. The van der Waals surface area contributed by atoms with Gasteiger partial charge in [-0.3, -0.25) is 4.90 Å². The molecule has 0 aliphatic carbocycles. The number of aryl methyl sites for hydroxylation is 1. The van der Waals surface area contributed by atoms with Crippen molar-refractivity contribution in [3.63, 3.8) is 0 Å². The third kappa shape index (κ3) is 9.44. The predicted octanol–water partition coefficient (Wildman–Crippen LogP) is 7.31. The number of carbonyl (C=O) groups is 1. The molecule has 0 aromatic heterocycles. The van der Waals surface area contributed by atoms with Crippen molar-refractivity contribution in [3.8, 4) is 16.9 Å². The molecule has 1 heterocycles. The molecular formula is C29H32F3NO3S. The number of thioether (sulfide) groups is 1. The molecule has 1 saturated heterocycles. The molecule has 1 aliphatic rings. The number of halogens is 3. The van der Waals surface area contributed by atoms with Gasteiger partial charge in [0.05, 0.1) is 6.61 Å². The van der Waals surface area contributed by atoms with Crippen LogP contribution in [0.15, 0.2) is 77.7 Å². The summed E-state index contributed by atoms with van der Waals surface area (Å²) < 4.78 is 37.9. The number of piperidine rings is 1. The number of hydrogen-bond donors (Lipinski definition) is 1. The second kappa shape index (κ2) is 13.5. The zero-order valence-corrected chi connectivity index (χ0v) is 21.8. The Morgan fingerprint density at radius 1 is 0.946 bits per heavy atom. The number of benzene rings is 3. The van der Waals surface area contributed by atoms with Crippen LogP contribution in [0.2, 0.25) is 0 Å². The van der Waals surface area contributed by atoms with E-state index < -0.39 is 12.1 Å². The third-order valence-electron chi connectivity index (χ3n) is 6.24.